The Bertz CT molecular complexity index is 1060. The van der Waals surface area contributed by atoms with E-state index in [9.17, 15) is 4.79 Å². The lowest BCUT2D eigenvalue weighted by Crippen LogP contribution is -2.50. The third-order valence-corrected chi connectivity index (χ3v) is 8.83. The van der Waals surface area contributed by atoms with E-state index in [-0.39, 0.29) is 16.7 Å². The maximum Gasteiger partial charge on any atom is 0.289 e. The first-order chi connectivity index (χ1) is 17.0. The predicted octanol–water partition coefficient (Wildman–Crippen LogP) is 5.63. The standard InChI is InChI=1S/C31H47N3O2/c1-8-32(9-2)14-15-33-16-18-34(19-17-33)29(35)28-11-10-25(36-28)21-24-22-27-26(20-23(24)3)30(4,5)12-13-31(27,6)7/h10-11,20,22H,8-9,12-19,21H2,1-7H3. The van der Waals surface area contributed by atoms with Gasteiger partial charge in [0.2, 0.25) is 0 Å². The van der Waals surface area contributed by atoms with Crippen molar-refractivity contribution >= 4 is 5.91 Å². The second-order valence-corrected chi connectivity index (χ2v) is 12.2. The van der Waals surface area contributed by atoms with Crippen molar-refractivity contribution in [1.82, 2.24) is 14.7 Å². The highest BCUT2D eigenvalue weighted by atomic mass is 16.4. The first-order valence-corrected chi connectivity index (χ1v) is 14.0. The molecule has 1 aromatic carbocycles. The van der Waals surface area contributed by atoms with Crippen LogP contribution in [0.2, 0.25) is 0 Å². The van der Waals surface area contributed by atoms with Crippen molar-refractivity contribution in [3.05, 3.63) is 58.0 Å². The van der Waals surface area contributed by atoms with Crippen molar-refractivity contribution in [2.75, 3.05) is 52.4 Å². The number of hydrogen-bond donors (Lipinski definition) is 0. The molecular formula is C31H47N3O2. The van der Waals surface area contributed by atoms with Crippen LogP contribution in [0.1, 0.15) is 93.0 Å². The molecule has 0 bridgehead atoms. The van der Waals surface area contributed by atoms with Crippen molar-refractivity contribution < 1.29 is 9.21 Å². The second kappa shape index (κ2) is 10.7. The van der Waals surface area contributed by atoms with Crippen LogP contribution in [0, 0.1) is 6.92 Å². The van der Waals surface area contributed by atoms with Gasteiger partial charge in [0.05, 0.1) is 0 Å². The fourth-order valence-corrected chi connectivity index (χ4v) is 5.89. The van der Waals surface area contributed by atoms with Crippen LogP contribution in [0.25, 0.3) is 0 Å². The summed E-state index contributed by atoms with van der Waals surface area (Å²) in [7, 11) is 0. The van der Waals surface area contributed by atoms with Crippen molar-refractivity contribution in [3.63, 3.8) is 0 Å². The summed E-state index contributed by atoms with van der Waals surface area (Å²) >= 11 is 0. The van der Waals surface area contributed by atoms with E-state index in [1.165, 1.54) is 35.1 Å². The molecule has 0 radical (unpaired) electrons. The summed E-state index contributed by atoms with van der Waals surface area (Å²) in [6.45, 7) is 23.9. The van der Waals surface area contributed by atoms with Crippen LogP contribution < -0.4 is 0 Å². The van der Waals surface area contributed by atoms with Gasteiger partial charge >= 0.3 is 0 Å². The molecule has 1 aromatic heterocycles. The number of fused-ring (bicyclic) bond motifs is 1. The zero-order chi connectivity index (χ0) is 26.1. The minimum Gasteiger partial charge on any atom is -0.456 e. The number of aryl methyl sites for hydroxylation is 1. The molecule has 1 saturated heterocycles. The predicted molar refractivity (Wildman–Crippen MR) is 148 cm³/mol. The van der Waals surface area contributed by atoms with Crippen LogP contribution in [-0.4, -0.2) is 73.0 Å². The summed E-state index contributed by atoms with van der Waals surface area (Å²) in [4.78, 5) is 20.0. The molecule has 1 aliphatic carbocycles. The van der Waals surface area contributed by atoms with Gasteiger partial charge in [0.15, 0.2) is 5.76 Å². The van der Waals surface area contributed by atoms with Crippen LogP contribution in [0.15, 0.2) is 28.7 Å². The molecule has 0 N–H and O–H groups in total. The van der Waals surface area contributed by atoms with Crippen molar-refractivity contribution in [2.24, 2.45) is 0 Å². The summed E-state index contributed by atoms with van der Waals surface area (Å²) in [6.07, 6.45) is 3.15. The fourth-order valence-electron chi connectivity index (χ4n) is 5.89. The van der Waals surface area contributed by atoms with E-state index >= 15 is 0 Å². The molecule has 0 atom stereocenters. The third-order valence-electron chi connectivity index (χ3n) is 8.83. The van der Waals surface area contributed by atoms with Crippen LogP contribution in [-0.2, 0) is 17.3 Å². The molecule has 1 amide bonds. The van der Waals surface area contributed by atoms with Gasteiger partial charge in [0.25, 0.3) is 5.91 Å². The van der Waals surface area contributed by atoms with Crippen LogP contribution in [0.4, 0.5) is 0 Å². The normalized spacial score (nSPS) is 19.5. The highest BCUT2D eigenvalue weighted by Gasteiger charge is 2.37. The molecular weight excluding hydrogens is 446 g/mol. The smallest absolute Gasteiger partial charge is 0.289 e. The number of benzene rings is 1. The van der Waals surface area contributed by atoms with Gasteiger partial charge in [-0.25, -0.2) is 0 Å². The van der Waals surface area contributed by atoms with Crippen molar-refractivity contribution in [1.29, 1.82) is 0 Å². The maximum atomic E-state index is 13.2. The summed E-state index contributed by atoms with van der Waals surface area (Å²) < 4.78 is 6.12. The Balaban J connectivity index is 1.40. The molecule has 0 spiro atoms. The highest BCUT2D eigenvalue weighted by molar-refractivity contribution is 5.91. The van der Waals surface area contributed by atoms with E-state index < -0.39 is 0 Å². The van der Waals surface area contributed by atoms with Gasteiger partial charge in [0, 0.05) is 45.7 Å². The maximum absolute atomic E-state index is 13.2. The summed E-state index contributed by atoms with van der Waals surface area (Å²) in [5.41, 5.74) is 5.98. The van der Waals surface area contributed by atoms with Gasteiger partial charge in [0.1, 0.15) is 5.76 Å². The molecule has 5 heteroatoms. The minimum absolute atomic E-state index is 0.0229. The molecule has 0 unspecified atom stereocenters. The average molecular weight is 494 g/mol. The largest absolute Gasteiger partial charge is 0.456 e. The zero-order valence-corrected chi connectivity index (χ0v) is 23.7. The van der Waals surface area contributed by atoms with Crippen LogP contribution >= 0.6 is 0 Å². The average Bonchev–Trinajstić information content (AvgIpc) is 3.32. The number of piperazine rings is 1. The first kappa shape index (κ1) is 26.9. The second-order valence-electron chi connectivity index (χ2n) is 12.2. The van der Waals surface area contributed by atoms with Gasteiger partial charge in [-0.05, 0) is 78.1 Å². The zero-order valence-electron chi connectivity index (χ0n) is 23.7. The molecule has 2 aromatic rings. The number of furan rings is 1. The van der Waals surface area contributed by atoms with E-state index in [1.54, 1.807) is 0 Å². The summed E-state index contributed by atoms with van der Waals surface area (Å²) in [6, 6.07) is 8.67. The number of amides is 1. The quantitative estimate of drug-likeness (QED) is 0.478. The topological polar surface area (TPSA) is 39.9 Å². The SMILES string of the molecule is CCN(CC)CCN1CCN(C(=O)c2ccc(Cc3cc4c(cc3C)C(C)(C)CCC4(C)C)o2)CC1. The van der Waals surface area contributed by atoms with Gasteiger partial charge in [-0.1, -0.05) is 53.7 Å². The van der Waals surface area contributed by atoms with Crippen molar-refractivity contribution in [2.45, 2.75) is 78.6 Å². The Labute approximate surface area is 218 Å². The van der Waals surface area contributed by atoms with E-state index in [2.05, 4.69) is 70.4 Å². The lowest BCUT2D eigenvalue weighted by atomic mass is 9.62. The van der Waals surface area contributed by atoms with Gasteiger partial charge in [-0.2, -0.15) is 0 Å². The number of rotatable bonds is 8. The fraction of sp³-hybridized carbons (Fsp3) is 0.645. The Hall–Kier alpha value is -2.11. The number of nitrogens with zero attached hydrogens (tertiary/aromatic N) is 3. The Morgan fingerprint density at radius 2 is 1.56 bits per heavy atom. The number of likely N-dealkylation sites (N-methyl/N-ethyl adjacent to an activating group) is 1. The van der Waals surface area contributed by atoms with Gasteiger partial charge in [-0.15, -0.1) is 0 Å². The lowest BCUT2D eigenvalue weighted by molar-refractivity contribution is 0.0593. The lowest BCUT2D eigenvalue weighted by Gasteiger charge is -2.42. The van der Waals surface area contributed by atoms with Gasteiger partial charge < -0.3 is 14.2 Å². The minimum atomic E-state index is 0.0229. The summed E-state index contributed by atoms with van der Waals surface area (Å²) in [5, 5.41) is 0. The van der Waals surface area contributed by atoms with Crippen molar-refractivity contribution in [3.8, 4) is 0 Å². The molecule has 1 fully saturated rings. The molecule has 36 heavy (non-hydrogen) atoms. The van der Waals surface area contributed by atoms with E-state index in [0.29, 0.717) is 5.76 Å². The highest BCUT2D eigenvalue weighted by Crippen LogP contribution is 2.46. The van der Waals surface area contributed by atoms with E-state index in [4.69, 9.17) is 4.42 Å². The molecule has 2 heterocycles. The number of hydrogen-bond acceptors (Lipinski definition) is 4. The Morgan fingerprint density at radius 3 is 2.17 bits per heavy atom. The Kier molecular flexibility index (Phi) is 8.01. The number of carbonyl (C=O) groups is 1. The van der Waals surface area contributed by atoms with Crippen LogP contribution in [0.5, 0.6) is 0 Å². The third kappa shape index (κ3) is 5.73. The van der Waals surface area contributed by atoms with Crippen LogP contribution in [0.3, 0.4) is 0 Å². The molecule has 5 nitrogen and oxygen atoms in total. The van der Waals surface area contributed by atoms with Gasteiger partial charge in [-0.3, -0.25) is 9.69 Å². The van der Waals surface area contributed by atoms with E-state index in [1.807, 2.05) is 17.0 Å². The molecule has 198 valence electrons. The monoisotopic (exact) mass is 493 g/mol. The number of carbonyl (C=O) groups excluding carboxylic acids is 1. The molecule has 2 aliphatic rings. The molecule has 1 aliphatic heterocycles. The molecule has 4 rings (SSSR count). The Morgan fingerprint density at radius 1 is 0.944 bits per heavy atom. The first-order valence-electron chi connectivity index (χ1n) is 14.0. The van der Waals surface area contributed by atoms with E-state index in [0.717, 1.165) is 64.5 Å². The molecule has 0 saturated carbocycles. The summed E-state index contributed by atoms with van der Waals surface area (Å²) in [5.74, 6) is 1.36.